The highest BCUT2D eigenvalue weighted by molar-refractivity contribution is 7.15. The zero-order valence-electron chi connectivity index (χ0n) is 14.8. The number of carbonyl (C=O) groups excluding carboxylic acids is 1. The Kier molecular flexibility index (Phi) is 5.73. The molecule has 0 bridgehead atoms. The van der Waals surface area contributed by atoms with Crippen molar-refractivity contribution in [1.82, 2.24) is 14.9 Å². The number of rotatable bonds is 6. The molecule has 1 amide bonds. The molecule has 0 spiro atoms. The molecule has 0 fully saturated rings. The lowest BCUT2D eigenvalue weighted by Gasteiger charge is -2.16. The third kappa shape index (κ3) is 4.52. The standard InChI is InChI=1S/C20H20FN3OS/c1-14-18(26-20(23-14)16-3-5-17(21)6-4-16)13-19(25)24(2)12-9-15-7-10-22-11-8-15/h3-8,10-11H,9,12-13H2,1-2H3. The number of hydrogen-bond acceptors (Lipinski definition) is 4. The largest absolute Gasteiger partial charge is 0.345 e. The van der Waals surface area contributed by atoms with Crippen LogP contribution in [0.1, 0.15) is 16.1 Å². The first-order valence-corrected chi connectivity index (χ1v) is 9.19. The van der Waals surface area contributed by atoms with E-state index in [-0.39, 0.29) is 11.7 Å². The molecule has 4 nitrogen and oxygen atoms in total. The Morgan fingerprint density at radius 3 is 2.54 bits per heavy atom. The average molecular weight is 369 g/mol. The van der Waals surface area contributed by atoms with Crippen LogP contribution in [0.5, 0.6) is 0 Å². The Morgan fingerprint density at radius 2 is 1.85 bits per heavy atom. The zero-order valence-corrected chi connectivity index (χ0v) is 15.6. The molecule has 0 aliphatic carbocycles. The summed E-state index contributed by atoms with van der Waals surface area (Å²) < 4.78 is 13.1. The van der Waals surface area contributed by atoms with Gasteiger partial charge in [0.15, 0.2) is 0 Å². The smallest absolute Gasteiger partial charge is 0.227 e. The number of pyridine rings is 1. The third-order valence-corrected chi connectivity index (χ3v) is 5.41. The fourth-order valence-electron chi connectivity index (χ4n) is 2.55. The summed E-state index contributed by atoms with van der Waals surface area (Å²) in [6.07, 6.45) is 4.65. The molecule has 0 aliphatic heterocycles. The topological polar surface area (TPSA) is 46.1 Å². The Labute approximate surface area is 156 Å². The van der Waals surface area contributed by atoms with Gasteiger partial charge < -0.3 is 4.90 Å². The van der Waals surface area contributed by atoms with E-state index in [0.717, 1.165) is 33.1 Å². The Balaban J connectivity index is 1.62. The van der Waals surface area contributed by atoms with Crippen molar-refractivity contribution >= 4 is 17.2 Å². The van der Waals surface area contributed by atoms with E-state index in [1.165, 1.54) is 23.5 Å². The van der Waals surface area contributed by atoms with Gasteiger partial charge in [-0.25, -0.2) is 9.37 Å². The van der Waals surface area contributed by atoms with Gasteiger partial charge in [-0.2, -0.15) is 0 Å². The number of likely N-dealkylation sites (N-methyl/N-ethyl adjacent to an activating group) is 1. The van der Waals surface area contributed by atoms with E-state index in [4.69, 9.17) is 0 Å². The first-order valence-electron chi connectivity index (χ1n) is 8.38. The van der Waals surface area contributed by atoms with Crippen LogP contribution in [-0.2, 0) is 17.6 Å². The molecule has 0 N–H and O–H groups in total. The van der Waals surface area contributed by atoms with E-state index in [1.807, 2.05) is 26.1 Å². The van der Waals surface area contributed by atoms with Crippen molar-refractivity contribution in [2.75, 3.05) is 13.6 Å². The Morgan fingerprint density at radius 1 is 1.15 bits per heavy atom. The fourth-order valence-corrected chi connectivity index (χ4v) is 3.61. The van der Waals surface area contributed by atoms with E-state index >= 15 is 0 Å². The molecular formula is C20H20FN3OS. The molecule has 2 heterocycles. The zero-order chi connectivity index (χ0) is 18.5. The molecule has 134 valence electrons. The van der Waals surface area contributed by atoms with Crippen molar-refractivity contribution < 1.29 is 9.18 Å². The van der Waals surface area contributed by atoms with Crippen molar-refractivity contribution in [2.24, 2.45) is 0 Å². The molecule has 6 heteroatoms. The van der Waals surface area contributed by atoms with Crippen molar-refractivity contribution in [3.05, 3.63) is 70.7 Å². The highest BCUT2D eigenvalue weighted by Gasteiger charge is 2.16. The number of carbonyl (C=O) groups is 1. The first kappa shape index (κ1) is 18.2. The molecule has 0 unspecified atom stereocenters. The molecule has 0 atom stereocenters. The van der Waals surface area contributed by atoms with E-state index in [0.29, 0.717) is 13.0 Å². The van der Waals surface area contributed by atoms with Gasteiger partial charge in [-0.05, 0) is 55.3 Å². The van der Waals surface area contributed by atoms with Gasteiger partial charge >= 0.3 is 0 Å². The number of aromatic nitrogens is 2. The van der Waals surface area contributed by atoms with Crippen LogP contribution in [0.15, 0.2) is 48.8 Å². The van der Waals surface area contributed by atoms with Crippen molar-refractivity contribution in [3.63, 3.8) is 0 Å². The highest BCUT2D eigenvalue weighted by atomic mass is 32.1. The lowest BCUT2D eigenvalue weighted by Crippen LogP contribution is -2.30. The summed E-state index contributed by atoms with van der Waals surface area (Å²) in [5.41, 5.74) is 2.88. The summed E-state index contributed by atoms with van der Waals surface area (Å²) in [6, 6.07) is 10.2. The second kappa shape index (κ2) is 8.19. The maximum Gasteiger partial charge on any atom is 0.227 e. The van der Waals surface area contributed by atoms with Gasteiger partial charge in [-0.3, -0.25) is 9.78 Å². The summed E-state index contributed by atoms with van der Waals surface area (Å²) in [5, 5.41) is 0.810. The second-order valence-corrected chi connectivity index (χ2v) is 7.22. The number of amides is 1. The van der Waals surface area contributed by atoms with Crippen LogP contribution in [0.25, 0.3) is 10.6 Å². The molecule has 3 rings (SSSR count). The molecule has 0 radical (unpaired) electrons. The minimum Gasteiger partial charge on any atom is -0.345 e. The SMILES string of the molecule is Cc1nc(-c2ccc(F)cc2)sc1CC(=O)N(C)CCc1ccncc1. The fraction of sp³-hybridized carbons (Fsp3) is 0.250. The first-order chi connectivity index (χ1) is 12.5. The highest BCUT2D eigenvalue weighted by Crippen LogP contribution is 2.28. The molecule has 1 aromatic carbocycles. The number of thiazole rings is 1. The molecule has 26 heavy (non-hydrogen) atoms. The maximum atomic E-state index is 13.1. The van der Waals surface area contributed by atoms with Gasteiger partial charge in [0.2, 0.25) is 5.91 Å². The summed E-state index contributed by atoms with van der Waals surface area (Å²) >= 11 is 1.49. The van der Waals surface area contributed by atoms with Gasteiger partial charge in [0.05, 0.1) is 12.1 Å². The molecule has 0 saturated heterocycles. The molecule has 2 aromatic heterocycles. The number of benzene rings is 1. The molecular weight excluding hydrogens is 349 g/mol. The van der Waals surface area contributed by atoms with Crippen molar-refractivity contribution in [3.8, 4) is 10.6 Å². The van der Waals surface area contributed by atoms with E-state index in [1.54, 1.807) is 29.4 Å². The normalized spacial score (nSPS) is 10.7. The lowest BCUT2D eigenvalue weighted by atomic mass is 10.2. The number of hydrogen-bond donors (Lipinski definition) is 0. The predicted molar refractivity (Wildman–Crippen MR) is 102 cm³/mol. The Bertz CT molecular complexity index is 878. The summed E-state index contributed by atoms with van der Waals surface area (Å²) in [6.45, 7) is 2.56. The van der Waals surface area contributed by atoms with Crippen molar-refractivity contribution in [1.29, 1.82) is 0 Å². The maximum absolute atomic E-state index is 13.1. The quantitative estimate of drug-likeness (QED) is 0.662. The van der Waals surface area contributed by atoms with Crippen LogP contribution in [0, 0.1) is 12.7 Å². The monoisotopic (exact) mass is 369 g/mol. The second-order valence-electron chi connectivity index (χ2n) is 6.13. The van der Waals surface area contributed by atoms with Crippen LogP contribution < -0.4 is 0 Å². The van der Waals surface area contributed by atoms with Crippen LogP contribution >= 0.6 is 11.3 Å². The number of nitrogens with zero attached hydrogens (tertiary/aromatic N) is 3. The number of halogens is 1. The Hall–Kier alpha value is -2.60. The molecule has 0 saturated carbocycles. The predicted octanol–water partition coefficient (Wildman–Crippen LogP) is 3.90. The van der Waals surface area contributed by atoms with Crippen LogP contribution in [-0.4, -0.2) is 34.4 Å². The third-order valence-electron chi connectivity index (χ3n) is 4.21. The lowest BCUT2D eigenvalue weighted by molar-refractivity contribution is -0.129. The number of aryl methyl sites for hydroxylation is 1. The van der Waals surface area contributed by atoms with Crippen molar-refractivity contribution in [2.45, 2.75) is 19.8 Å². The summed E-state index contributed by atoms with van der Waals surface area (Å²) in [4.78, 5) is 23.7. The van der Waals surface area contributed by atoms with Gasteiger partial charge in [-0.15, -0.1) is 11.3 Å². The average Bonchev–Trinajstić information content (AvgIpc) is 3.01. The minimum absolute atomic E-state index is 0.0662. The van der Waals surface area contributed by atoms with Gasteiger partial charge in [0.1, 0.15) is 10.8 Å². The van der Waals surface area contributed by atoms with Crippen LogP contribution in [0.4, 0.5) is 4.39 Å². The van der Waals surface area contributed by atoms with Gasteiger partial charge in [0, 0.05) is 36.4 Å². The van der Waals surface area contributed by atoms with E-state index in [2.05, 4.69) is 9.97 Å². The molecule has 0 aliphatic rings. The molecule has 3 aromatic rings. The van der Waals surface area contributed by atoms with E-state index in [9.17, 15) is 9.18 Å². The summed E-state index contributed by atoms with van der Waals surface area (Å²) in [7, 11) is 1.82. The van der Waals surface area contributed by atoms with Gasteiger partial charge in [-0.1, -0.05) is 0 Å². The van der Waals surface area contributed by atoms with E-state index < -0.39 is 0 Å². The summed E-state index contributed by atoms with van der Waals surface area (Å²) in [5.74, 6) is -0.204. The van der Waals surface area contributed by atoms with Gasteiger partial charge in [0.25, 0.3) is 0 Å². The van der Waals surface area contributed by atoms with Crippen LogP contribution in [0.2, 0.25) is 0 Å². The van der Waals surface area contributed by atoms with Crippen LogP contribution in [0.3, 0.4) is 0 Å². The minimum atomic E-state index is -0.270.